The topological polar surface area (TPSA) is 93.3 Å². The molecule has 1 N–H and O–H groups in total. The maximum Gasteiger partial charge on any atom is 0.228 e. The summed E-state index contributed by atoms with van der Waals surface area (Å²) in [5, 5.41) is 10.8. The van der Waals surface area contributed by atoms with Crippen molar-refractivity contribution < 1.29 is 14.1 Å². The lowest BCUT2D eigenvalue weighted by Crippen LogP contribution is -2.42. The van der Waals surface area contributed by atoms with Crippen molar-refractivity contribution in [1.29, 1.82) is 0 Å². The van der Waals surface area contributed by atoms with Crippen LogP contribution in [0.5, 0.6) is 0 Å². The molecule has 2 aromatic heterocycles. The van der Waals surface area contributed by atoms with Crippen molar-refractivity contribution in [2.45, 2.75) is 26.2 Å². The van der Waals surface area contributed by atoms with Crippen LogP contribution in [0.15, 0.2) is 53.3 Å². The molecule has 4 rings (SSSR count). The van der Waals surface area contributed by atoms with E-state index in [2.05, 4.69) is 15.6 Å². The molecule has 150 valence electrons. The summed E-state index contributed by atoms with van der Waals surface area (Å²) in [6.45, 7) is 2.94. The van der Waals surface area contributed by atoms with Gasteiger partial charge in [-0.05, 0) is 43.5 Å². The summed E-state index contributed by atoms with van der Waals surface area (Å²) in [4.78, 5) is 26.8. The second-order valence-electron chi connectivity index (χ2n) is 7.26. The first kappa shape index (κ1) is 18.9. The fraction of sp³-hybridized carbons (Fsp3) is 0.333. The summed E-state index contributed by atoms with van der Waals surface area (Å²) < 4.78 is 6.74. The third kappa shape index (κ3) is 4.53. The average Bonchev–Trinajstić information content (AvgIpc) is 3.41. The highest BCUT2D eigenvalue weighted by Crippen LogP contribution is 2.20. The number of likely N-dealkylation sites (tertiary alicyclic amines) is 1. The van der Waals surface area contributed by atoms with Crippen LogP contribution in [0.2, 0.25) is 0 Å². The lowest BCUT2D eigenvalue weighted by Gasteiger charge is -2.31. The van der Waals surface area contributed by atoms with Crippen LogP contribution in [0.4, 0.5) is 5.82 Å². The Balaban J connectivity index is 1.27. The number of anilines is 1. The number of nitrogens with one attached hydrogen (secondary N) is 1. The summed E-state index contributed by atoms with van der Waals surface area (Å²) in [6, 6.07) is 11.4. The Morgan fingerprint density at radius 1 is 1.21 bits per heavy atom. The second kappa shape index (κ2) is 8.30. The summed E-state index contributed by atoms with van der Waals surface area (Å²) >= 11 is 0. The summed E-state index contributed by atoms with van der Waals surface area (Å²) in [5.41, 5.74) is 1.92. The maximum absolute atomic E-state index is 12.6. The van der Waals surface area contributed by atoms with Gasteiger partial charge < -0.3 is 14.7 Å². The van der Waals surface area contributed by atoms with Crippen LogP contribution in [0.25, 0.3) is 5.69 Å². The number of rotatable bonds is 5. The van der Waals surface area contributed by atoms with Crippen LogP contribution in [0.3, 0.4) is 0 Å². The lowest BCUT2D eigenvalue weighted by molar-refractivity contribution is -0.133. The van der Waals surface area contributed by atoms with Gasteiger partial charge in [-0.1, -0.05) is 17.3 Å². The van der Waals surface area contributed by atoms with E-state index >= 15 is 0 Å². The van der Waals surface area contributed by atoms with Gasteiger partial charge in [0, 0.05) is 37.5 Å². The van der Waals surface area contributed by atoms with Gasteiger partial charge in [-0.3, -0.25) is 9.59 Å². The molecule has 1 aliphatic heterocycles. The van der Waals surface area contributed by atoms with E-state index in [4.69, 9.17) is 4.52 Å². The smallest absolute Gasteiger partial charge is 0.228 e. The molecular formula is C21H23N5O3. The molecule has 0 spiro atoms. The van der Waals surface area contributed by atoms with Gasteiger partial charge in [-0.25, -0.2) is 4.68 Å². The van der Waals surface area contributed by atoms with Gasteiger partial charge in [0.15, 0.2) is 5.82 Å². The minimum atomic E-state index is -0.121. The highest BCUT2D eigenvalue weighted by molar-refractivity contribution is 5.91. The molecule has 1 aromatic carbocycles. The molecule has 29 heavy (non-hydrogen) atoms. The molecule has 0 atom stereocenters. The van der Waals surface area contributed by atoms with Crippen molar-refractivity contribution in [3.05, 3.63) is 60.1 Å². The van der Waals surface area contributed by atoms with E-state index in [1.165, 1.54) is 0 Å². The number of aromatic nitrogens is 3. The van der Waals surface area contributed by atoms with Crippen molar-refractivity contribution >= 4 is 17.6 Å². The van der Waals surface area contributed by atoms with Gasteiger partial charge in [0.05, 0.1) is 12.1 Å². The molecule has 8 heteroatoms. The molecular weight excluding hydrogens is 370 g/mol. The van der Waals surface area contributed by atoms with Gasteiger partial charge in [-0.2, -0.15) is 5.10 Å². The van der Waals surface area contributed by atoms with Crippen molar-refractivity contribution in [2.24, 2.45) is 5.92 Å². The number of benzene rings is 1. The number of hydrogen-bond acceptors (Lipinski definition) is 5. The molecule has 1 saturated heterocycles. The first-order valence-electron chi connectivity index (χ1n) is 9.69. The lowest BCUT2D eigenvalue weighted by atomic mass is 9.95. The van der Waals surface area contributed by atoms with Crippen LogP contribution in [-0.4, -0.2) is 44.7 Å². The van der Waals surface area contributed by atoms with E-state index in [-0.39, 0.29) is 17.7 Å². The number of amides is 2. The zero-order valence-corrected chi connectivity index (χ0v) is 16.2. The molecule has 0 unspecified atom stereocenters. The van der Waals surface area contributed by atoms with E-state index in [9.17, 15) is 9.59 Å². The normalized spacial score (nSPS) is 14.7. The van der Waals surface area contributed by atoms with Crippen LogP contribution >= 0.6 is 0 Å². The van der Waals surface area contributed by atoms with Crippen molar-refractivity contribution in [2.75, 3.05) is 18.4 Å². The maximum atomic E-state index is 12.6. The molecule has 0 bridgehead atoms. The number of carbonyl (C=O) groups is 2. The zero-order chi connectivity index (χ0) is 20.2. The monoisotopic (exact) mass is 393 g/mol. The van der Waals surface area contributed by atoms with E-state index in [1.54, 1.807) is 23.9 Å². The summed E-state index contributed by atoms with van der Waals surface area (Å²) in [5.74, 6) is 0.981. The Morgan fingerprint density at radius 3 is 2.59 bits per heavy atom. The quantitative estimate of drug-likeness (QED) is 0.719. The number of piperidine rings is 1. The predicted molar refractivity (Wildman–Crippen MR) is 106 cm³/mol. The van der Waals surface area contributed by atoms with E-state index in [0.29, 0.717) is 43.9 Å². The van der Waals surface area contributed by atoms with Gasteiger partial charge in [0.1, 0.15) is 5.76 Å². The third-order valence-corrected chi connectivity index (χ3v) is 5.16. The summed E-state index contributed by atoms with van der Waals surface area (Å²) in [7, 11) is 0. The SMILES string of the molecule is Cc1cc(NC(=O)C2CCN(C(=O)Cc3ccc(-n4cccn4)cc3)CC2)no1. The molecule has 3 aromatic rings. The Morgan fingerprint density at radius 2 is 1.97 bits per heavy atom. The first-order valence-corrected chi connectivity index (χ1v) is 9.69. The molecule has 3 heterocycles. The van der Waals surface area contributed by atoms with Crippen molar-refractivity contribution in [1.82, 2.24) is 19.8 Å². The molecule has 0 aliphatic carbocycles. The summed E-state index contributed by atoms with van der Waals surface area (Å²) in [6.07, 6.45) is 5.26. The molecule has 1 aliphatic rings. The number of carbonyl (C=O) groups excluding carboxylic acids is 2. The van der Waals surface area contributed by atoms with Crippen LogP contribution in [0, 0.1) is 12.8 Å². The Hall–Kier alpha value is -3.42. The van der Waals surface area contributed by atoms with Gasteiger partial charge in [0.25, 0.3) is 0 Å². The Kier molecular flexibility index (Phi) is 5.41. The predicted octanol–water partition coefficient (Wildman–Crippen LogP) is 2.59. The molecule has 0 saturated carbocycles. The minimum Gasteiger partial charge on any atom is -0.360 e. The largest absolute Gasteiger partial charge is 0.360 e. The van der Waals surface area contributed by atoms with E-state index in [1.807, 2.05) is 41.4 Å². The zero-order valence-electron chi connectivity index (χ0n) is 16.2. The Bertz CT molecular complexity index is 970. The van der Waals surface area contributed by atoms with E-state index < -0.39 is 0 Å². The second-order valence-corrected chi connectivity index (χ2v) is 7.26. The average molecular weight is 393 g/mol. The van der Waals surface area contributed by atoms with Gasteiger partial charge in [0.2, 0.25) is 11.8 Å². The van der Waals surface area contributed by atoms with Crippen molar-refractivity contribution in [3.63, 3.8) is 0 Å². The van der Waals surface area contributed by atoms with Gasteiger partial charge >= 0.3 is 0 Å². The molecule has 0 radical (unpaired) electrons. The fourth-order valence-corrected chi connectivity index (χ4v) is 3.52. The standard InChI is InChI=1S/C21H23N5O3/c1-15-13-19(24-29-15)23-21(28)17-7-11-25(12-8-17)20(27)14-16-3-5-18(6-4-16)26-10-2-9-22-26/h2-6,9-10,13,17H,7-8,11-12,14H2,1H3,(H,23,24,28). The fourth-order valence-electron chi connectivity index (χ4n) is 3.52. The molecule has 2 amide bonds. The first-order chi connectivity index (χ1) is 14.1. The highest BCUT2D eigenvalue weighted by atomic mass is 16.5. The number of aryl methyl sites for hydroxylation is 1. The van der Waals surface area contributed by atoms with Crippen molar-refractivity contribution in [3.8, 4) is 5.69 Å². The Labute approximate surface area is 168 Å². The number of hydrogen-bond donors (Lipinski definition) is 1. The molecule has 8 nitrogen and oxygen atoms in total. The van der Waals surface area contributed by atoms with Crippen LogP contribution in [0.1, 0.15) is 24.2 Å². The minimum absolute atomic E-state index is 0.0698. The third-order valence-electron chi connectivity index (χ3n) is 5.16. The van der Waals surface area contributed by atoms with E-state index in [0.717, 1.165) is 11.3 Å². The number of nitrogens with zero attached hydrogens (tertiary/aromatic N) is 4. The highest BCUT2D eigenvalue weighted by Gasteiger charge is 2.27. The van der Waals surface area contributed by atoms with Gasteiger partial charge in [-0.15, -0.1) is 0 Å². The van der Waals surface area contributed by atoms with Crippen LogP contribution in [-0.2, 0) is 16.0 Å². The van der Waals surface area contributed by atoms with Crippen LogP contribution < -0.4 is 5.32 Å². The molecule has 1 fully saturated rings.